The minimum absolute atomic E-state index is 0.00859. The molecule has 0 aromatic heterocycles. The van der Waals surface area contributed by atoms with Crippen LogP contribution < -0.4 is 0 Å². The Balaban J connectivity index is 2.32. The quantitative estimate of drug-likeness (QED) is 0.540. The molecule has 2 aliphatic rings. The van der Waals surface area contributed by atoms with Crippen LogP contribution in [0.4, 0.5) is 0 Å². The zero-order valence-electron chi connectivity index (χ0n) is 7.24. The Morgan fingerprint density at radius 1 is 1.67 bits per heavy atom. The number of methoxy groups -OCH3 is 1. The summed E-state index contributed by atoms with van der Waals surface area (Å²) in [4.78, 5) is 11.6. The molecule has 0 saturated carbocycles. The molecule has 1 fully saturated rings. The number of carbonyl (C=O) groups is 1. The maximum absolute atomic E-state index is 11.6. The average molecular weight is 168 g/mol. The Labute approximate surface area is 71.3 Å². The second-order valence-corrected chi connectivity index (χ2v) is 3.42. The number of hydrogen-bond donors (Lipinski definition) is 0. The van der Waals surface area contributed by atoms with Gasteiger partial charge in [-0.15, -0.1) is 0 Å². The third-order valence-electron chi connectivity index (χ3n) is 2.73. The van der Waals surface area contributed by atoms with Crippen LogP contribution in [0.3, 0.4) is 0 Å². The van der Waals surface area contributed by atoms with Gasteiger partial charge in [0.15, 0.2) is 11.4 Å². The molecule has 0 aromatic rings. The summed E-state index contributed by atoms with van der Waals surface area (Å²) in [5.74, 6) is 0.135. The SMILES string of the molecule is CO[C@]1(C)C(=O)C[C@@H]2C=C[C@H]1O2. The van der Waals surface area contributed by atoms with Crippen molar-refractivity contribution in [3.05, 3.63) is 12.2 Å². The normalized spacial score (nSPS) is 45.3. The lowest BCUT2D eigenvalue weighted by Gasteiger charge is -2.36. The van der Waals surface area contributed by atoms with Gasteiger partial charge in [-0.25, -0.2) is 0 Å². The first kappa shape index (κ1) is 7.95. The average Bonchev–Trinajstić information content (AvgIpc) is 2.47. The van der Waals surface area contributed by atoms with E-state index in [0.29, 0.717) is 6.42 Å². The Hall–Kier alpha value is -0.670. The van der Waals surface area contributed by atoms with Crippen LogP contribution in [0.25, 0.3) is 0 Å². The zero-order chi connectivity index (χ0) is 8.77. The standard InChI is InChI=1S/C9H12O3/c1-9(11-2)7(10)5-6-3-4-8(9)12-6/h3-4,6,8H,5H2,1-2H3/t6-,8+,9+/m0/s1. The molecule has 0 radical (unpaired) electrons. The van der Waals surface area contributed by atoms with Crippen LogP contribution in [0.5, 0.6) is 0 Å². The largest absolute Gasteiger partial charge is 0.368 e. The minimum atomic E-state index is -0.760. The minimum Gasteiger partial charge on any atom is -0.368 e. The molecule has 0 unspecified atom stereocenters. The van der Waals surface area contributed by atoms with Crippen LogP contribution in [0.1, 0.15) is 13.3 Å². The van der Waals surface area contributed by atoms with E-state index < -0.39 is 5.60 Å². The molecule has 2 aliphatic heterocycles. The van der Waals surface area contributed by atoms with Crippen molar-refractivity contribution in [1.29, 1.82) is 0 Å². The van der Waals surface area contributed by atoms with Crippen molar-refractivity contribution in [3.63, 3.8) is 0 Å². The number of carbonyl (C=O) groups excluding carboxylic acids is 1. The number of Topliss-reactive ketones (excluding diaryl/α,β-unsaturated/α-hetero) is 1. The van der Waals surface area contributed by atoms with Crippen molar-refractivity contribution >= 4 is 5.78 Å². The van der Waals surface area contributed by atoms with Crippen molar-refractivity contribution in [2.75, 3.05) is 7.11 Å². The summed E-state index contributed by atoms with van der Waals surface area (Å²) in [6.07, 6.45) is 4.10. The highest BCUT2D eigenvalue weighted by Gasteiger charge is 2.48. The number of rotatable bonds is 1. The third-order valence-corrected chi connectivity index (χ3v) is 2.73. The predicted molar refractivity (Wildman–Crippen MR) is 42.8 cm³/mol. The topological polar surface area (TPSA) is 35.5 Å². The lowest BCUT2D eigenvalue weighted by Crippen LogP contribution is -2.52. The first-order valence-electron chi connectivity index (χ1n) is 4.09. The molecular weight excluding hydrogens is 156 g/mol. The fraction of sp³-hybridized carbons (Fsp3) is 0.667. The summed E-state index contributed by atoms with van der Waals surface area (Å²) in [5.41, 5.74) is -0.760. The Kier molecular flexibility index (Phi) is 1.59. The van der Waals surface area contributed by atoms with Gasteiger partial charge in [0.05, 0.1) is 6.10 Å². The van der Waals surface area contributed by atoms with E-state index >= 15 is 0 Å². The summed E-state index contributed by atoms with van der Waals surface area (Å²) >= 11 is 0. The van der Waals surface area contributed by atoms with Gasteiger partial charge in [0.1, 0.15) is 6.10 Å². The van der Waals surface area contributed by atoms with E-state index in [9.17, 15) is 4.79 Å². The molecule has 0 amide bonds. The van der Waals surface area contributed by atoms with E-state index in [-0.39, 0.29) is 18.0 Å². The molecule has 0 N–H and O–H groups in total. The van der Waals surface area contributed by atoms with E-state index in [2.05, 4.69) is 0 Å². The van der Waals surface area contributed by atoms with Crippen molar-refractivity contribution in [3.8, 4) is 0 Å². The summed E-state index contributed by atoms with van der Waals surface area (Å²) < 4.78 is 10.7. The van der Waals surface area contributed by atoms with Gasteiger partial charge in [0.2, 0.25) is 0 Å². The van der Waals surface area contributed by atoms with Gasteiger partial charge in [-0.05, 0) is 6.92 Å². The van der Waals surface area contributed by atoms with Crippen LogP contribution >= 0.6 is 0 Å². The first-order chi connectivity index (χ1) is 5.66. The van der Waals surface area contributed by atoms with Crippen LogP contribution in [0.15, 0.2) is 12.2 Å². The molecule has 2 heterocycles. The van der Waals surface area contributed by atoms with E-state index in [4.69, 9.17) is 9.47 Å². The van der Waals surface area contributed by atoms with Crippen molar-refractivity contribution < 1.29 is 14.3 Å². The zero-order valence-corrected chi connectivity index (χ0v) is 7.24. The molecule has 3 atom stereocenters. The molecule has 2 bridgehead atoms. The number of ether oxygens (including phenoxy) is 2. The molecule has 2 rings (SSSR count). The Morgan fingerprint density at radius 3 is 3.08 bits per heavy atom. The van der Waals surface area contributed by atoms with Gasteiger partial charge < -0.3 is 9.47 Å². The highest BCUT2D eigenvalue weighted by atomic mass is 16.6. The summed E-state index contributed by atoms with van der Waals surface area (Å²) in [5, 5.41) is 0. The Morgan fingerprint density at radius 2 is 2.42 bits per heavy atom. The molecule has 1 saturated heterocycles. The molecule has 0 aromatic carbocycles. The van der Waals surface area contributed by atoms with Crippen molar-refractivity contribution in [2.45, 2.75) is 31.2 Å². The molecule has 0 spiro atoms. The molecule has 12 heavy (non-hydrogen) atoms. The van der Waals surface area contributed by atoms with Gasteiger partial charge in [-0.1, -0.05) is 12.2 Å². The Bertz CT molecular complexity index is 246. The second kappa shape index (κ2) is 2.41. The number of ketones is 1. The highest BCUT2D eigenvalue weighted by Crippen LogP contribution is 2.34. The summed E-state index contributed by atoms with van der Waals surface area (Å²) in [6.45, 7) is 1.78. The maximum Gasteiger partial charge on any atom is 0.170 e. The van der Waals surface area contributed by atoms with E-state index in [1.54, 1.807) is 14.0 Å². The molecule has 0 aliphatic carbocycles. The fourth-order valence-corrected chi connectivity index (χ4v) is 1.71. The first-order valence-corrected chi connectivity index (χ1v) is 4.09. The lowest BCUT2D eigenvalue weighted by molar-refractivity contribution is -0.169. The molecule has 66 valence electrons. The van der Waals surface area contributed by atoms with Gasteiger partial charge in [0.25, 0.3) is 0 Å². The maximum atomic E-state index is 11.6. The smallest absolute Gasteiger partial charge is 0.170 e. The lowest BCUT2D eigenvalue weighted by atomic mass is 9.90. The van der Waals surface area contributed by atoms with Gasteiger partial charge >= 0.3 is 0 Å². The second-order valence-electron chi connectivity index (χ2n) is 3.42. The fourth-order valence-electron chi connectivity index (χ4n) is 1.71. The van der Waals surface area contributed by atoms with E-state index in [1.165, 1.54) is 0 Å². The summed E-state index contributed by atoms with van der Waals surface area (Å²) in [6, 6.07) is 0. The third kappa shape index (κ3) is 0.867. The van der Waals surface area contributed by atoms with Gasteiger partial charge in [0, 0.05) is 13.5 Å². The van der Waals surface area contributed by atoms with Crippen LogP contribution in [-0.2, 0) is 14.3 Å². The van der Waals surface area contributed by atoms with Gasteiger partial charge in [-0.3, -0.25) is 4.79 Å². The van der Waals surface area contributed by atoms with Crippen molar-refractivity contribution in [1.82, 2.24) is 0 Å². The predicted octanol–water partition coefficient (Wildman–Crippen LogP) is 0.688. The summed E-state index contributed by atoms with van der Waals surface area (Å²) in [7, 11) is 1.55. The molecule has 3 nitrogen and oxygen atoms in total. The highest BCUT2D eigenvalue weighted by molar-refractivity contribution is 5.90. The number of hydrogen-bond acceptors (Lipinski definition) is 3. The van der Waals surface area contributed by atoms with E-state index in [1.807, 2.05) is 12.2 Å². The van der Waals surface area contributed by atoms with Crippen LogP contribution in [0.2, 0.25) is 0 Å². The molecular formula is C9H12O3. The monoisotopic (exact) mass is 168 g/mol. The van der Waals surface area contributed by atoms with E-state index in [0.717, 1.165) is 0 Å². The van der Waals surface area contributed by atoms with Crippen LogP contribution in [0, 0.1) is 0 Å². The number of fused-ring (bicyclic) bond motifs is 2. The van der Waals surface area contributed by atoms with Crippen molar-refractivity contribution in [2.24, 2.45) is 0 Å². The molecule has 3 heteroatoms. The van der Waals surface area contributed by atoms with Gasteiger partial charge in [-0.2, -0.15) is 0 Å². The van der Waals surface area contributed by atoms with Crippen LogP contribution in [-0.4, -0.2) is 30.7 Å².